The molecule has 0 saturated carbocycles. The van der Waals surface area contributed by atoms with Crippen molar-refractivity contribution < 1.29 is 23.8 Å². The largest absolute Gasteiger partial charge is 0.478 e. The zero-order chi connectivity index (χ0) is 14.4. The Morgan fingerprint density at radius 3 is 2.63 bits per heavy atom. The first-order chi connectivity index (χ1) is 8.91. The van der Waals surface area contributed by atoms with Crippen LogP contribution in [0.2, 0.25) is 0 Å². The number of rotatable bonds is 6. The zero-order valence-electron chi connectivity index (χ0n) is 10.8. The van der Waals surface area contributed by atoms with Crippen LogP contribution in [0.1, 0.15) is 34.6 Å². The Kier molecular flexibility index (Phi) is 5.44. The van der Waals surface area contributed by atoms with E-state index in [0.29, 0.717) is 6.61 Å². The standard InChI is InChI=1S/C13H16FNO4/c1-8(2)19-6-5-15-12(16)10-4-3-9(13(17)18)7-11(10)14/h3-4,7-8H,5-6H2,1-2H3,(H,15,16)(H,17,18). The van der Waals surface area contributed by atoms with E-state index in [1.54, 1.807) is 0 Å². The summed E-state index contributed by atoms with van der Waals surface area (Å²) in [7, 11) is 0. The Morgan fingerprint density at radius 2 is 2.11 bits per heavy atom. The second-order valence-corrected chi connectivity index (χ2v) is 4.18. The highest BCUT2D eigenvalue weighted by Gasteiger charge is 2.13. The van der Waals surface area contributed by atoms with Crippen LogP contribution in [-0.2, 0) is 4.74 Å². The van der Waals surface area contributed by atoms with Crippen LogP contribution in [0, 0.1) is 5.82 Å². The van der Waals surface area contributed by atoms with Gasteiger partial charge in [0.05, 0.1) is 23.8 Å². The maximum Gasteiger partial charge on any atom is 0.335 e. The first kappa shape index (κ1) is 15.1. The van der Waals surface area contributed by atoms with Gasteiger partial charge in [0.15, 0.2) is 0 Å². The third-order valence-electron chi connectivity index (χ3n) is 2.30. The molecular formula is C13H16FNO4. The highest BCUT2D eigenvalue weighted by Crippen LogP contribution is 2.10. The van der Waals surface area contributed by atoms with Gasteiger partial charge in [-0.3, -0.25) is 4.79 Å². The molecule has 1 amide bonds. The van der Waals surface area contributed by atoms with Crippen molar-refractivity contribution in [1.82, 2.24) is 5.32 Å². The van der Waals surface area contributed by atoms with E-state index in [-0.39, 0.29) is 23.8 Å². The third-order valence-corrected chi connectivity index (χ3v) is 2.30. The number of hydrogen-bond acceptors (Lipinski definition) is 3. The third kappa shape index (κ3) is 4.67. The van der Waals surface area contributed by atoms with Gasteiger partial charge in [0.1, 0.15) is 5.82 Å². The molecule has 0 aliphatic heterocycles. The van der Waals surface area contributed by atoms with E-state index in [1.165, 1.54) is 6.07 Å². The van der Waals surface area contributed by atoms with E-state index in [4.69, 9.17) is 9.84 Å². The molecule has 1 rings (SSSR count). The van der Waals surface area contributed by atoms with E-state index < -0.39 is 17.7 Å². The number of amides is 1. The predicted molar refractivity (Wildman–Crippen MR) is 66.8 cm³/mol. The molecule has 1 aromatic rings. The second-order valence-electron chi connectivity index (χ2n) is 4.18. The minimum Gasteiger partial charge on any atom is -0.478 e. The maximum atomic E-state index is 13.5. The summed E-state index contributed by atoms with van der Waals surface area (Å²) in [5.41, 5.74) is -0.383. The van der Waals surface area contributed by atoms with Crippen molar-refractivity contribution in [2.75, 3.05) is 13.2 Å². The van der Waals surface area contributed by atoms with Gasteiger partial charge in [-0.1, -0.05) is 0 Å². The average Bonchev–Trinajstić information content (AvgIpc) is 2.33. The van der Waals surface area contributed by atoms with Crippen LogP contribution in [0.5, 0.6) is 0 Å². The number of aromatic carboxylic acids is 1. The number of carbonyl (C=O) groups excluding carboxylic acids is 1. The van der Waals surface area contributed by atoms with Gasteiger partial charge in [0, 0.05) is 6.54 Å². The molecule has 0 spiro atoms. The Morgan fingerprint density at radius 1 is 1.42 bits per heavy atom. The van der Waals surface area contributed by atoms with Crippen molar-refractivity contribution in [3.05, 3.63) is 35.1 Å². The molecule has 0 heterocycles. The number of hydrogen-bond donors (Lipinski definition) is 2. The van der Waals surface area contributed by atoms with Crippen LogP contribution >= 0.6 is 0 Å². The minimum absolute atomic E-state index is 0.0588. The van der Waals surface area contributed by atoms with Gasteiger partial charge in [-0.25, -0.2) is 9.18 Å². The minimum atomic E-state index is -1.24. The molecule has 0 aliphatic carbocycles. The van der Waals surface area contributed by atoms with Gasteiger partial charge >= 0.3 is 5.97 Å². The van der Waals surface area contributed by atoms with Crippen molar-refractivity contribution >= 4 is 11.9 Å². The number of nitrogens with one attached hydrogen (secondary N) is 1. The van der Waals surface area contributed by atoms with Crippen molar-refractivity contribution in [2.24, 2.45) is 0 Å². The molecule has 0 bridgehead atoms. The molecule has 104 valence electrons. The summed E-state index contributed by atoms with van der Waals surface area (Å²) in [6.07, 6.45) is 0.0588. The quantitative estimate of drug-likeness (QED) is 0.770. The van der Waals surface area contributed by atoms with E-state index in [9.17, 15) is 14.0 Å². The summed E-state index contributed by atoms with van der Waals surface area (Å²) in [5.74, 6) is -2.69. The van der Waals surface area contributed by atoms with Crippen molar-refractivity contribution in [3.8, 4) is 0 Å². The van der Waals surface area contributed by atoms with Gasteiger partial charge in [-0.15, -0.1) is 0 Å². The molecule has 0 saturated heterocycles. The Balaban J connectivity index is 2.60. The van der Waals surface area contributed by atoms with Crippen LogP contribution in [0.3, 0.4) is 0 Å². The normalized spacial score (nSPS) is 10.5. The second kappa shape index (κ2) is 6.84. The molecule has 0 fully saturated rings. The zero-order valence-corrected chi connectivity index (χ0v) is 10.8. The Labute approximate surface area is 110 Å². The molecule has 6 heteroatoms. The molecule has 2 N–H and O–H groups in total. The SMILES string of the molecule is CC(C)OCCNC(=O)c1ccc(C(=O)O)cc1F. The van der Waals surface area contributed by atoms with Gasteiger partial charge in [0.25, 0.3) is 5.91 Å². The summed E-state index contributed by atoms with van der Waals surface area (Å²) in [4.78, 5) is 22.3. The van der Waals surface area contributed by atoms with E-state index >= 15 is 0 Å². The molecule has 1 aromatic carbocycles. The summed E-state index contributed by atoms with van der Waals surface area (Å²) in [5, 5.41) is 11.2. The highest BCUT2D eigenvalue weighted by atomic mass is 19.1. The molecule has 0 aromatic heterocycles. The summed E-state index contributed by atoms with van der Waals surface area (Å²) in [6.45, 7) is 4.33. The summed E-state index contributed by atoms with van der Waals surface area (Å²) < 4.78 is 18.8. The number of carboxylic acids is 1. The van der Waals surface area contributed by atoms with Crippen LogP contribution in [0.15, 0.2) is 18.2 Å². The van der Waals surface area contributed by atoms with Gasteiger partial charge in [0.2, 0.25) is 0 Å². The van der Waals surface area contributed by atoms with Crippen molar-refractivity contribution in [1.29, 1.82) is 0 Å². The fourth-order valence-corrected chi connectivity index (χ4v) is 1.39. The number of carboxylic acid groups (broad SMARTS) is 1. The molecule has 5 nitrogen and oxygen atoms in total. The van der Waals surface area contributed by atoms with Gasteiger partial charge < -0.3 is 15.2 Å². The number of carbonyl (C=O) groups is 2. The fraction of sp³-hybridized carbons (Fsp3) is 0.385. The molecule has 0 unspecified atom stereocenters. The molecule has 19 heavy (non-hydrogen) atoms. The average molecular weight is 269 g/mol. The summed E-state index contributed by atoms with van der Waals surface area (Å²) in [6, 6.07) is 3.16. The molecule has 0 atom stereocenters. The van der Waals surface area contributed by atoms with E-state index in [2.05, 4.69) is 5.32 Å². The van der Waals surface area contributed by atoms with E-state index in [0.717, 1.165) is 12.1 Å². The summed E-state index contributed by atoms with van der Waals surface area (Å²) >= 11 is 0. The molecule has 0 aliphatic rings. The molecule has 0 radical (unpaired) electrons. The maximum absolute atomic E-state index is 13.5. The number of ether oxygens (including phenoxy) is 1. The van der Waals surface area contributed by atoms with Crippen LogP contribution in [0.25, 0.3) is 0 Å². The topological polar surface area (TPSA) is 75.6 Å². The van der Waals surface area contributed by atoms with Crippen LogP contribution in [-0.4, -0.2) is 36.2 Å². The Bertz CT molecular complexity index is 474. The lowest BCUT2D eigenvalue weighted by Crippen LogP contribution is -2.28. The van der Waals surface area contributed by atoms with Crippen LogP contribution in [0.4, 0.5) is 4.39 Å². The Hall–Kier alpha value is -1.95. The lowest BCUT2D eigenvalue weighted by atomic mass is 10.1. The fourth-order valence-electron chi connectivity index (χ4n) is 1.39. The highest BCUT2D eigenvalue weighted by molar-refractivity contribution is 5.96. The number of benzene rings is 1. The predicted octanol–water partition coefficient (Wildman–Crippen LogP) is 1.68. The monoisotopic (exact) mass is 269 g/mol. The van der Waals surface area contributed by atoms with E-state index in [1.807, 2.05) is 13.8 Å². The smallest absolute Gasteiger partial charge is 0.335 e. The first-order valence-corrected chi connectivity index (χ1v) is 5.84. The van der Waals surface area contributed by atoms with Crippen molar-refractivity contribution in [3.63, 3.8) is 0 Å². The van der Waals surface area contributed by atoms with Crippen LogP contribution < -0.4 is 5.32 Å². The van der Waals surface area contributed by atoms with Gasteiger partial charge in [-0.05, 0) is 32.0 Å². The first-order valence-electron chi connectivity index (χ1n) is 5.84. The van der Waals surface area contributed by atoms with Crippen molar-refractivity contribution in [2.45, 2.75) is 20.0 Å². The lowest BCUT2D eigenvalue weighted by molar-refractivity contribution is 0.0695. The van der Waals surface area contributed by atoms with Gasteiger partial charge in [-0.2, -0.15) is 0 Å². The number of halogens is 1. The molecular weight excluding hydrogens is 253 g/mol. The lowest BCUT2D eigenvalue weighted by Gasteiger charge is -2.09.